The Balaban J connectivity index is 1.35. The van der Waals surface area contributed by atoms with Gasteiger partial charge in [-0.05, 0) is 43.0 Å². The van der Waals surface area contributed by atoms with E-state index in [1.54, 1.807) is 13.3 Å². The normalized spacial score (nSPS) is 19.3. The van der Waals surface area contributed by atoms with Crippen molar-refractivity contribution in [3.63, 3.8) is 0 Å². The molecule has 2 aliphatic heterocycles. The molecule has 3 heterocycles. The predicted octanol–water partition coefficient (Wildman–Crippen LogP) is 1.72. The van der Waals surface area contributed by atoms with Crippen molar-refractivity contribution in [2.45, 2.75) is 25.9 Å². The van der Waals surface area contributed by atoms with Gasteiger partial charge in [-0.25, -0.2) is 0 Å². The van der Waals surface area contributed by atoms with Crippen molar-refractivity contribution in [3.8, 4) is 5.75 Å². The van der Waals surface area contributed by atoms with Gasteiger partial charge in [0.2, 0.25) is 0 Å². The lowest BCUT2D eigenvalue weighted by Crippen LogP contribution is -2.41. The van der Waals surface area contributed by atoms with E-state index in [2.05, 4.69) is 22.5 Å². The first kappa shape index (κ1) is 19.0. The molecule has 0 radical (unpaired) electrons. The molecule has 1 saturated heterocycles. The Bertz CT molecular complexity index is 814. The molecule has 0 spiro atoms. The lowest BCUT2D eigenvalue weighted by Gasteiger charge is -2.28. The van der Waals surface area contributed by atoms with Crippen LogP contribution in [0.15, 0.2) is 30.5 Å². The minimum absolute atomic E-state index is 0.0922. The van der Waals surface area contributed by atoms with Crippen molar-refractivity contribution < 1.29 is 14.3 Å². The van der Waals surface area contributed by atoms with Gasteiger partial charge >= 0.3 is 0 Å². The second-order valence-corrected chi connectivity index (χ2v) is 7.47. The van der Waals surface area contributed by atoms with Gasteiger partial charge in [0.05, 0.1) is 37.8 Å². The summed E-state index contributed by atoms with van der Waals surface area (Å²) in [5, 5.41) is 8.02. The molecule has 0 saturated carbocycles. The van der Waals surface area contributed by atoms with Gasteiger partial charge in [-0.3, -0.25) is 9.48 Å². The number of fused-ring (bicyclic) bond motifs is 1. The van der Waals surface area contributed by atoms with E-state index in [0.29, 0.717) is 32.2 Å². The standard InChI is InChI=1S/C21H28N4O3/c1-27-18-4-2-3-16(11-18)13-22-14-17-5-6-25-20(12-17)19(15-23-25)21(26)24-7-9-28-10-8-24/h2-4,11,15,17,22H,5-10,12-14H2,1H3. The Morgan fingerprint density at radius 3 is 3.00 bits per heavy atom. The summed E-state index contributed by atoms with van der Waals surface area (Å²) in [7, 11) is 1.69. The number of methoxy groups -OCH3 is 1. The Morgan fingerprint density at radius 1 is 1.32 bits per heavy atom. The van der Waals surface area contributed by atoms with E-state index in [0.717, 1.165) is 49.5 Å². The number of nitrogens with zero attached hydrogens (tertiary/aromatic N) is 3. The summed E-state index contributed by atoms with van der Waals surface area (Å²) >= 11 is 0. The fraction of sp³-hybridized carbons (Fsp3) is 0.524. The molecular formula is C21H28N4O3. The molecule has 1 fully saturated rings. The Labute approximate surface area is 165 Å². The van der Waals surface area contributed by atoms with Gasteiger partial charge in [-0.2, -0.15) is 5.10 Å². The van der Waals surface area contributed by atoms with Crippen LogP contribution >= 0.6 is 0 Å². The van der Waals surface area contributed by atoms with Crippen LogP contribution in [0.25, 0.3) is 0 Å². The topological polar surface area (TPSA) is 68.6 Å². The Hall–Kier alpha value is -2.38. The van der Waals surface area contributed by atoms with Gasteiger partial charge in [-0.1, -0.05) is 12.1 Å². The van der Waals surface area contributed by atoms with Crippen molar-refractivity contribution in [2.24, 2.45) is 5.92 Å². The van der Waals surface area contributed by atoms with Crippen molar-refractivity contribution in [1.82, 2.24) is 20.0 Å². The summed E-state index contributed by atoms with van der Waals surface area (Å²) in [6.07, 6.45) is 3.71. The molecule has 1 atom stereocenters. The number of hydrogen-bond acceptors (Lipinski definition) is 5. The van der Waals surface area contributed by atoms with Crippen LogP contribution in [0.4, 0.5) is 0 Å². The molecule has 1 unspecified atom stereocenters. The molecule has 0 bridgehead atoms. The molecule has 0 aliphatic carbocycles. The molecule has 28 heavy (non-hydrogen) atoms. The second-order valence-electron chi connectivity index (χ2n) is 7.47. The molecular weight excluding hydrogens is 356 g/mol. The van der Waals surface area contributed by atoms with Crippen LogP contribution in [0.1, 0.15) is 28.0 Å². The third kappa shape index (κ3) is 4.20. The van der Waals surface area contributed by atoms with E-state index in [4.69, 9.17) is 9.47 Å². The zero-order valence-electron chi connectivity index (χ0n) is 16.4. The number of hydrogen-bond donors (Lipinski definition) is 1. The molecule has 2 aromatic rings. The van der Waals surface area contributed by atoms with Gasteiger partial charge < -0.3 is 19.7 Å². The highest BCUT2D eigenvalue weighted by Gasteiger charge is 2.28. The summed E-state index contributed by atoms with van der Waals surface area (Å²) in [4.78, 5) is 14.8. The van der Waals surface area contributed by atoms with Crippen molar-refractivity contribution in [1.29, 1.82) is 0 Å². The van der Waals surface area contributed by atoms with Crippen LogP contribution in [0.5, 0.6) is 5.75 Å². The molecule has 7 heteroatoms. The molecule has 2 aliphatic rings. The highest BCUT2D eigenvalue weighted by Crippen LogP contribution is 2.24. The zero-order chi connectivity index (χ0) is 19.3. The van der Waals surface area contributed by atoms with Gasteiger partial charge in [0, 0.05) is 26.2 Å². The quantitative estimate of drug-likeness (QED) is 0.821. The molecule has 1 aromatic carbocycles. The first-order valence-corrected chi connectivity index (χ1v) is 10.00. The maximum absolute atomic E-state index is 12.9. The predicted molar refractivity (Wildman–Crippen MR) is 105 cm³/mol. The van der Waals surface area contributed by atoms with Crippen LogP contribution in [-0.2, 0) is 24.2 Å². The minimum Gasteiger partial charge on any atom is -0.497 e. The van der Waals surface area contributed by atoms with E-state index < -0.39 is 0 Å². The maximum atomic E-state index is 12.9. The molecule has 1 aromatic heterocycles. The Kier molecular flexibility index (Phi) is 5.92. The maximum Gasteiger partial charge on any atom is 0.257 e. The third-order valence-corrected chi connectivity index (χ3v) is 5.60. The minimum atomic E-state index is 0.0922. The van der Waals surface area contributed by atoms with E-state index >= 15 is 0 Å². The van der Waals surface area contributed by atoms with Crippen molar-refractivity contribution >= 4 is 5.91 Å². The second kappa shape index (κ2) is 8.75. The fourth-order valence-corrected chi connectivity index (χ4v) is 3.99. The van der Waals surface area contributed by atoms with Gasteiger partial charge in [-0.15, -0.1) is 0 Å². The van der Waals surface area contributed by atoms with Gasteiger partial charge in [0.25, 0.3) is 5.91 Å². The number of ether oxygens (including phenoxy) is 2. The summed E-state index contributed by atoms with van der Waals surface area (Å²) in [5.74, 6) is 1.48. The number of aromatic nitrogens is 2. The van der Waals surface area contributed by atoms with Crippen LogP contribution in [-0.4, -0.2) is 60.5 Å². The molecule has 7 nitrogen and oxygen atoms in total. The first-order valence-electron chi connectivity index (χ1n) is 10.00. The van der Waals surface area contributed by atoms with E-state index in [-0.39, 0.29) is 5.91 Å². The number of carbonyl (C=O) groups is 1. The third-order valence-electron chi connectivity index (χ3n) is 5.60. The fourth-order valence-electron chi connectivity index (χ4n) is 3.99. The van der Waals surface area contributed by atoms with Crippen LogP contribution < -0.4 is 10.1 Å². The molecule has 1 amide bonds. The largest absolute Gasteiger partial charge is 0.497 e. The number of morpholine rings is 1. The molecule has 150 valence electrons. The first-order chi connectivity index (χ1) is 13.7. The number of carbonyl (C=O) groups excluding carboxylic acids is 1. The lowest BCUT2D eigenvalue weighted by molar-refractivity contribution is 0.0301. The number of rotatable bonds is 6. The zero-order valence-corrected chi connectivity index (χ0v) is 16.4. The smallest absolute Gasteiger partial charge is 0.257 e. The summed E-state index contributed by atoms with van der Waals surface area (Å²) in [6, 6.07) is 8.13. The lowest BCUT2D eigenvalue weighted by atomic mass is 9.94. The van der Waals surface area contributed by atoms with Gasteiger partial charge in [0.1, 0.15) is 5.75 Å². The van der Waals surface area contributed by atoms with Crippen molar-refractivity contribution in [3.05, 3.63) is 47.3 Å². The molecule has 4 rings (SSSR count). The highest BCUT2D eigenvalue weighted by atomic mass is 16.5. The summed E-state index contributed by atoms with van der Waals surface area (Å²) in [6.45, 7) is 5.17. The van der Waals surface area contributed by atoms with Crippen LogP contribution in [0.3, 0.4) is 0 Å². The summed E-state index contributed by atoms with van der Waals surface area (Å²) in [5.41, 5.74) is 3.05. The summed E-state index contributed by atoms with van der Waals surface area (Å²) < 4.78 is 12.7. The SMILES string of the molecule is COc1cccc(CNCC2CCn3ncc(C(=O)N4CCOCC4)c3C2)c1. The van der Waals surface area contributed by atoms with Gasteiger partial charge in [0.15, 0.2) is 0 Å². The number of amides is 1. The highest BCUT2D eigenvalue weighted by molar-refractivity contribution is 5.95. The van der Waals surface area contributed by atoms with Crippen LogP contribution in [0.2, 0.25) is 0 Å². The monoisotopic (exact) mass is 384 g/mol. The van der Waals surface area contributed by atoms with E-state index in [1.807, 2.05) is 21.7 Å². The van der Waals surface area contributed by atoms with Crippen LogP contribution in [0, 0.1) is 5.92 Å². The average molecular weight is 384 g/mol. The Morgan fingerprint density at radius 2 is 2.18 bits per heavy atom. The molecule has 1 N–H and O–H groups in total. The van der Waals surface area contributed by atoms with E-state index in [1.165, 1.54) is 5.56 Å². The average Bonchev–Trinajstić information content (AvgIpc) is 3.17. The van der Waals surface area contributed by atoms with E-state index in [9.17, 15) is 4.79 Å². The number of aryl methyl sites for hydroxylation is 1. The number of benzene rings is 1. The van der Waals surface area contributed by atoms with Crippen molar-refractivity contribution in [2.75, 3.05) is 40.0 Å². The number of nitrogens with one attached hydrogen (secondary N) is 1.